The Morgan fingerprint density at radius 1 is 1.33 bits per heavy atom. The number of hydrogen-bond donors (Lipinski definition) is 1. The van der Waals surface area contributed by atoms with Gasteiger partial charge in [-0.15, -0.1) is 0 Å². The number of carbonyl (C=O) groups is 2. The Labute approximate surface area is 90.2 Å². The first-order chi connectivity index (χ1) is 7.06. The number of piperazine rings is 1. The fraction of sp³-hybridized carbons (Fsp3) is 0.800. The first-order valence-corrected chi connectivity index (χ1v) is 5.36. The molecular formula is C10H19N3O2. The second kappa shape index (κ2) is 5.11. The molecule has 86 valence electrons. The van der Waals surface area contributed by atoms with Gasteiger partial charge in [0.05, 0.1) is 0 Å². The molecule has 5 heteroatoms. The monoisotopic (exact) mass is 213 g/mol. The Bertz CT molecular complexity index is 255. The van der Waals surface area contributed by atoms with Gasteiger partial charge in [0.2, 0.25) is 0 Å². The van der Waals surface area contributed by atoms with Gasteiger partial charge >= 0.3 is 11.8 Å². The second-order valence-corrected chi connectivity index (χ2v) is 4.03. The standard InChI is InChI=1S/C10H19N3O2/c1-3-4-8(11)7-13-6-5-12(2)9(14)10(13)15/h8H,3-7,11H2,1-2H3. The topological polar surface area (TPSA) is 66.6 Å². The number of nitrogens with zero attached hydrogens (tertiary/aromatic N) is 2. The Morgan fingerprint density at radius 3 is 2.60 bits per heavy atom. The van der Waals surface area contributed by atoms with Crippen LogP contribution in [0.4, 0.5) is 0 Å². The fourth-order valence-corrected chi connectivity index (χ4v) is 1.69. The van der Waals surface area contributed by atoms with E-state index in [-0.39, 0.29) is 6.04 Å². The summed E-state index contributed by atoms with van der Waals surface area (Å²) >= 11 is 0. The lowest BCUT2D eigenvalue weighted by molar-refractivity contribution is -0.155. The van der Waals surface area contributed by atoms with Crippen molar-refractivity contribution in [1.29, 1.82) is 0 Å². The predicted molar refractivity (Wildman–Crippen MR) is 57.1 cm³/mol. The van der Waals surface area contributed by atoms with E-state index in [4.69, 9.17) is 5.73 Å². The summed E-state index contributed by atoms with van der Waals surface area (Å²) < 4.78 is 0. The van der Waals surface area contributed by atoms with E-state index in [0.29, 0.717) is 19.6 Å². The van der Waals surface area contributed by atoms with E-state index in [0.717, 1.165) is 12.8 Å². The normalized spacial score (nSPS) is 19.7. The molecule has 0 aromatic rings. The highest BCUT2D eigenvalue weighted by molar-refractivity contribution is 6.35. The van der Waals surface area contributed by atoms with Crippen LogP contribution < -0.4 is 5.73 Å². The third-order valence-electron chi connectivity index (χ3n) is 2.64. The molecule has 1 aliphatic heterocycles. The first-order valence-electron chi connectivity index (χ1n) is 5.36. The zero-order valence-electron chi connectivity index (χ0n) is 9.40. The van der Waals surface area contributed by atoms with Crippen molar-refractivity contribution in [3.05, 3.63) is 0 Å². The number of hydrogen-bond acceptors (Lipinski definition) is 3. The minimum Gasteiger partial charge on any atom is -0.336 e. The van der Waals surface area contributed by atoms with Gasteiger partial charge in [0, 0.05) is 32.7 Å². The van der Waals surface area contributed by atoms with E-state index in [1.165, 1.54) is 4.90 Å². The summed E-state index contributed by atoms with van der Waals surface area (Å²) in [5, 5.41) is 0. The number of rotatable bonds is 4. The fourth-order valence-electron chi connectivity index (χ4n) is 1.69. The second-order valence-electron chi connectivity index (χ2n) is 4.03. The maximum atomic E-state index is 11.6. The van der Waals surface area contributed by atoms with Crippen molar-refractivity contribution >= 4 is 11.8 Å². The molecule has 15 heavy (non-hydrogen) atoms. The predicted octanol–water partition coefficient (Wildman–Crippen LogP) is -0.586. The Balaban J connectivity index is 2.49. The maximum Gasteiger partial charge on any atom is 0.312 e. The van der Waals surface area contributed by atoms with Crippen LogP contribution in [0.5, 0.6) is 0 Å². The van der Waals surface area contributed by atoms with E-state index >= 15 is 0 Å². The van der Waals surface area contributed by atoms with Gasteiger partial charge in [0.15, 0.2) is 0 Å². The van der Waals surface area contributed by atoms with Crippen molar-refractivity contribution in [3.63, 3.8) is 0 Å². The van der Waals surface area contributed by atoms with Crippen molar-refractivity contribution in [2.75, 3.05) is 26.7 Å². The molecular weight excluding hydrogens is 194 g/mol. The van der Waals surface area contributed by atoms with Gasteiger partial charge in [-0.3, -0.25) is 9.59 Å². The van der Waals surface area contributed by atoms with Crippen LogP contribution in [0.25, 0.3) is 0 Å². The van der Waals surface area contributed by atoms with Crippen LogP contribution in [0.15, 0.2) is 0 Å². The Morgan fingerprint density at radius 2 is 2.00 bits per heavy atom. The zero-order chi connectivity index (χ0) is 11.4. The van der Waals surface area contributed by atoms with Crippen LogP contribution in [0.1, 0.15) is 19.8 Å². The average Bonchev–Trinajstić information content (AvgIpc) is 2.20. The summed E-state index contributed by atoms with van der Waals surface area (Å²) in [7, 11) is 1.64. The van der Waals surface area contributed by atoms with Gasteiger partial charge in [-0.2, -0.15) is 0 Å². The van der Waals surface area contributed by atoms with Crippen molar-refractivity contribution in [2.45, 2.75) is 25.8 Å². The Hall–Kier alpha value is -1.10. The van der Waals surface area contributed by atoms with Crippen molar-refractivity contribution in [1.82, 2.24) is 9.80 Å². The highest BCUT2D eigenvalue weighted by Crippen LogP contribution is 2.05. The molecule has 0 aromatic carbocycles. The lowest BCUT2D eigenvalue weighted by Gasteiger charge is -2.32. The van der Waals surface area contributed by atoms with Gasteiger partial charge in [-0.25, -0.2) is 0 Å². The van der Waals surface area contributed by atoms with E-state index in [1.54, 1.807) is 11.9 Å². The summed E-state index contributed by atoms with van der Waals surface area (Å²) in [5.74, 6) is -0.847. The molecule has 0 spiro atoms. The van der Waals surface area contributed by atoms with Crippen LogP contribution in [0.2, 0.25) is 0 Å². The molecule has 0 saturated carbocycles. The molecule has 1 heterocycles. The van der Waals surface area contributed by atoms with Crippen LogP contribution in [-0.2, 0) is 9.59 Å². The zero-order valence-corrected chi connectivity index (χ0v) is 9.40. The van der Waals surface area contributed by atoms with Gasteiger partial charge in [0.25, 0.3) is 0 Å². The number of carbonyl (C=O) groups excluding carboxylic acids is 2. The molecule has 1 unspecified atom stereocenters. The molecule has 0 radical (unpaired) electrons. The lowest BCUT2D eigenvalue weighted by atomic mass is 10.1. The highest BCUT2D eigenvalue weighted by atomic mass is 16.2. The molecule has 2 N–H and O–H groups in total. The molecule has 0 aliphatic carbocycles. The minimum absolute atomic E-state index is 0.0184. The lowest BCUT2D eigenvalue weighted by Crippen LogP contribution is -2.55. The van der Waals surface area contributed by atoms with Crippen LogP contribution in [0, 0.1) is 0 Å². The number of amides is 2. The third-order valence-corrected chi connectivity index (χ3v) is 2.64. The largest absolute Gasteiger partial charge is 0.336 e. The molecule has 1 saturated heterocycles. The third kappa shape index (κ3) is 2.92. The summed E-state index contributed by atoms with van der Waals surface area (Å²) in [6.45, 7) is 3.74. The molecule has 2 amide bonds. The van der Waals surface area contributed by atoms with Gasteiger partial charge in [0.1, 0.15) is 0 Å². The van der Waals surface area contributed by atoms with E-state index < -0.39 is 11.8 Å². The van der Waals surface area contributed by atoms with E-state index in [1.807, 2.05) is 0 Å². The molecule has 1 fully saturated rings. The van der Waals surface area contributed by atoms with Crippen molar-refractivity contribution < 1.29 is 9.59 Å². The van der Waals surface area contributed by atoms with Gasteiger partial charge in [-0.05, 0) is 6.42 Å². The summed E-state index contributed by atoms with van der Waals surface area (Å²) in [6.07, 6.45) is 1.88. The summed E-state index contributed by atoms with van der Waals surface area (Å²) in [4.78, 5) is 25.9. The molecule has 0 bridgehead atoms. The van der Waals surface area contributed by atoms with Gasteiger partial charge < -0.3 is 15.5 Å². The van der Waals surface area contributed by atoms with Crippen molar-refractivity contribution in [3.8, 4) is 0 Å². The quantitative estimate of drug-likeness (QED) is 0.635. The molecule has 1 rings (SSSR count). The van der Waals surface area contributed by atoms with Gasteiger partial charge in [-0.1, -0.05) is 13.3 Å². The SMILES string of the molecule is CCCC(N)CN1CCN(C)C(=O)C1=O. The molecule has 1 atom stereocenters. The van der Waals surface area contributed by atoms with E-state index in [9.17, 15) is 9.59 Å². The molecule has 1 aliphatic rings. The van der Waals surface area contributed by atoms with Crippen molar-refractivity contribution in [2.24, 2.45) is 5.73 Å². The number of nitrogens with two attached hydrogens (primary N) is 1. The average molecular weight is 213 g/mol. The van der Waals surface area contributed by atoms with Crippen LogP contribution in [0.3, 0.4) is 0 Å². The van der Waals surface area contributed by atoms with Crippen LogP contribution >= 0.6 is 0 Å². The minimum atomic E-state index is -0.426. The molecule has 5 nitrogen and oxygen atoms in total. The first kappa shape index (κ1) is 12.0. The maximum absolute atomic E-state index is 11.6. The van der Waals surface area contributed by atoms with E-state index in [2.05, 4.69) is 6.92 Å². The number of likely N-dealkylation sites (N-methyl/N-ethyl adjacent to an activating group) is 1. The summed E-state index contributed by atoms with van der Waals surface area (Å²) in [5.41, 5.74) is 5.84. The highest BCUT2D eigenvalue weighted by Gasteiger charge is 2.30. The van der Waals surface area contributed by atoms with Crippen LogP contribution in [-0.4, -0.2) is 54.3 Å². The molecule has 0 aromatic heterocycles. The Kier molecular flexibility index (Phi) is 4.08. The smallest absolute Gasteiger partial charge is 0.312 e. The summed E-state index contributed by atoms with van der Waals surface area (Å²) in [6, 6.07) is -0.0184.